The molecule has 0 amide bonds. The van der Waals surface area contributed by atoms with E-state index in [1.54, 1.807) is 6.33 Å². The monoisotopic (exact) mass is 343 g/mol. The van der Waals surface area contributed by atoms with Gasteiger partial charge in [0, 0.05) is 27.9 Å². The van der Waals surface area contributed by atoms with Gasteiger partial charge in [-0.1, -0.05) is 15.9 Å². The van der Waals surface area contributed by atoms with Gasteiger partial charge in [0.05, 0.1) is 18.6 Å². The summed E-state index contributed by atoms with van der Waals surface area (Å²) in [5, 5.41) is 3.35. The summed E-state index contributed by atoms with van der Waals surface area (Å²) in [4.78, 5) is 4.07. The lowest BCUT2D eigenvalue weighted by molar-refractivity contribution is 0.837. The molecule has 1 aromatic heterocycles. The molecule has 2 aromatic rings. The number of rotatable bonds is 3. The maximum absolute atomic E-state index is 4.07. The van der Waals surface area contributed by atoms with Gasteiger partial charge in [-0.3, -0.25) is 0 Å². The van der Waals surface area contributed by atoms with E-state index in [1.165, 1.54) is 0 Å². The van der Waals surface area contributed by atoms with Crippen LogP contribution in [0.5, 0.6) is 0 Å². The van der Waals surface area contributed by atoms with E-state index in [2.05, 4.69) is 42.2 Å². The summed E-state index contributed by atoms with van der Waals surface area (Å²) in [6.45, 7) is 0.761. The van der Waals surface area contributed by atoms with Crippen LogP contribution in [0.3, 0.4) is 0 Å². The van der Waals surface area contributed by atoms with Gasteiger partial charge in [0.25, 0.3) is 0 Å². The standard InChI is InChI=1S/C11H11Br2N3/c1-16-7-14-5-9(16)6-15-11-3-2-8(12)4-10(11)13/h2-5,7,15H,6H2,1H3. The van der Waals surface area contributed by atoms with Crippen LogP contribution in [0.1, 0.15) is 5.69 Å². The van der Waals surface area contributed by atoms with Crippen LogP contribution >= 0.6 is 31.9 Å². The minimum absolute atomic E-state index is 0.761. The SMILES string of the molecule is Cn1cncc1CNc1ccc(Br)cc1Br. The normalized spacial score (nSPS) is 10.4. The Morgan fingerprint density at radius 3 is 2.81 bits per heavy atom. The minimum Gasteiger partial charge on any atom is -0.378 e. The first kappa shape index (κ1) is 11.7. The van der Waals surface area contributed by atoms with E-state index in [0.717, 1.165) is 26.9 Å². The highest BCUT2D eigenvalue weighted by Crippen LogP contribution is 2.26. The van der Waals surface area contributed by atoms with E-state index in [9.17, 15) is 0 Å². The molecule has 5 heteroatoms. The van der Waals surface area contributed by atoms with Gasteiger partial charge in [-0.25, -0.2) is 4.98 Å². The Morgan fingerprint density at radius 1 is 1.38 bits per heavy atom. The number of hydrogen-bond acceptors (Lipinski definition) is 2. The molecule has 1 aromatic carbocycles. The second kappa shape index (κ2) is 5.01. The third-order valence-electron chi connectivity index (χ3n) is 2.31. The number of benzene rings is 1. The average molecular weight is 345 g/mol. The van der Waals surface area contributed by atoms with Crippen molar-refractivity contribution in [1.82, 2.24) is 9.55 Å². The molecule has 0 spiro atoms. The summed E-state index contributed by atoms with van der Waals surface area (Å²) < 4.78 is 4.11. The number of hydrogen-bond donors (Lipinski definition) is 1. The van der Waals surface area contributed by atoms with Crippen LogP contribution in [0.15, 0.2) is 39.7 Å². The molecule has 0 bridgehead atoms. The van der Waals surface area contributed by atoms with Crippen molar-refractivity contribution in [2.45, 2.75) is 6.54 Å². The first-order chi connectivity index (χ1) is 7.66. The van der Waals surface area contributed by atoms with Gasteiger partial charge in [0.2, 0.25) is 0 Å². The molecule has 0 aliphatic rings. The topological polar surface area (TPSA) is 29.9 Å². The Hall–Kier alpha value is -0.810. The van der Waals surface area contributed by atoms with E-state index in [-0.39, 0.29) is 0 Å². The van der Waals surface area contributed by atoms with Gasteiger partial charge in [-0.15, -0.1) is 0 Å². The van der Waals surface area contributed by atoms with Crippen LogP contribution < -0.4 is 5.32 Å². The predicted molar refractivity (Wildman–Crippen MR) is 72.4 cm³/mol. The lowest BCUT2D eigenvalue weighted by Gasteiger charge is -2.09. The molecular formula is C11H11Br2N3. The predicted octanol–water partition coefficient (Wildman–Crippen LogP) is 3.56. The molecule has 1 N–H and O–H groups in total. The van der Waals surface area contributed by atoms with Gasteiger partial charge in [0.1, 0.15) is 0 Å². The van der Waals surface area contributed by atoms with E-state index >= 15 is 0 Å². The zero-order chi connectivity index (χ0) is 11.5. The molecule has 16 heavy (non-hydrogen) atoms. The summed E-state index contributed by atoms with van der Waals surface area (Å²) in [6.07, 6.45) is 3.66. The molecule has 3 nitrogen and oxygen atoms in total. The van der Waals surface area contributed by atoms with Crippen molar-refractivity contribution in [3.63, 3.8) is 0 Å². The fourth-order valence-electron chi connectivity index (χ4n) is 1.37. The van der Waals surface area contributed by atoms with Gasteiger partial charge in [-0.05, 0) is 34.1 Å². The maximum Gasteiger partial charge on any atom is 0.0946 e. The third-order valence-corrected chi connectivity index (χ3v) is 3.46. The first-order valence-corrected chi connectivity index (χ1v) is 6.39. The Kier molecular flexibility index (Phi) is 3.66. The van der Waals surface area contributed by atoms with E-state index in [0.29, 0.717) is 0 Å². The number of halogens is 2. The van der Waals surface area contributed by atoms with Gasteiger partial charge >= 0.3 is 0 Å². The largest absolute Gasteiger partial charge is 0.378 e. The zero-order valence-corrected chi connectivity index (χ0v) is 11.9. The highest BCUT2D eigenvalue weighted by Gasteiger charge is 2.02. The maximum atomic E-state index is 4.07. The number of imidazole rings is 1. The second-order valence-electron chi connectivity index (χ2n) is 3.47. The van der Waals surface area contributed by atoms with Crippen molar-refractivity contribution in [2.24, 2.45) is 7.05 Å². The Bertz CT molecular complexity index is 494. The molecule has 0 saturated heterocycles. The van der Waals surface area contributed by atoms with Crippen molar-refractivity contribution in [1.29, 1.82) is 0 Å². The lowest BCUT2D eigenvalue weighted by atomic mass is 10.3. The van der Waals surface area contributed by atoms with Crippen molar-refractivity contribution < 1.29 is 0 Å². The van der Waals surface area contributed by atoms with Crippen molar-refractivity contribution in [3.05, 3.63) is 45.4 Å². The van der Waals surface area contributed by atoms with Gasteiger partial charge in [0.15, 0.2) is 0 Å². The zero-order valence-electron chi connectivity index (χ0n) is 8.74. The molecule has 2 rings (SSSR count). The Morgan fingerprint density at radius 2 is 2.19 bits per heavy atom. The summed E-state index contributed by atoms with van der Waals surface area (Å²) >= 11 is 6.94. The lowest BCUT2D eigenvalue weighted by Crippen LogP contribution is -2.04. The quantitative estimate of drug-likeness (QED) is 0.922. The number of aryl methyl sites for hydroxylation is 1. The minimum atomic E-state index is 0.761. The third kappa shape index (κ3) is 2.65. The van der Waals surface area contributed by atoms with E-state index in [1.807, 2.05) is 36.0 Å². The van der Waals surface area contributed by atoms with Crippen molar-refractivity contribution in [3.8, 4) is 0 Å². The van der Waals surface area contributed by atoms with Crippen LogP contribution in [0.4, 0.5) is 5.69 Å². The molecular weight excluding hydrogens is 334 g/mol. The molecule has 0 saturated carbocycles. The van der Waals surface area contributed by atoms with Crippen molar-refractivity contribution in [2.75, 3.05) is 5.32 Å². The Balaban J connectivity index is 2.08. The van der Waals surface area contributed by atoms with Crippen LogP contribution in [0.25, 0.3) is 0 Å². The summed E-state index contributed by atoms with van der Waals surface area (Å²) in [5.41, 5.74) is 2.22. The van der Waals surface area contributed by atoms with Gasteiger partial charge in [-0.2, -0.15) is 0 Å². The molecule has 0 radical (unpaired) electrons. The van der Waals surface area contributed by atoms with Crippen LogP contribution in [0, 0.1) is 0 Å². The molecule has 1 heterocycles. The van der Waals surface area contributed by atoms with E-state index in [4.69, 9.17) is 0 Å². The van der Waals surface area contributed by atoms with Crippen LogP contribution in [0.2, 0.25) is 0 Å². The summed E-state index contributed by atoms with van der Waals surface area (Å²) in [5.74, 6) is 0. The molecule has 0 fully saturated rings. The second-order valence-corrected chi connectivity index (χ2v) is 5.24. The molecule has 0 atom stereocenters. The number of anilines is 1. The van der Waals surface area contributed by atoms with Crippen LogP contribution in [-0.4, -0.2) is 9.55 Å². The first-order valence-electron chi connectivity index (χ1n) is 4.81. The fourth-order valence-corrected chi connectivity index (χ4v) is 2.56. The van der Waals surface area contributed by atoms with Gasteiger partial charge < -0.3 is 9.88 Å². The molecule has 0 aliphatic heterocycles. The van der Waals surface area contributed by atoms with E-state index < -0.39 is 0 Å². The smallest absolute Gasteiger partial charge is 0.0946 e. The fraction of sp³-hybridized carbons (Fsp3) is 0.182. The summed E-state index contributed by atoms with van der Waals surface area (Å²) in [7, 11) is 1.99. The molecule has 84 valence electrons. The van der Waals surface area contributed by atoms with Crippen LogP contribution in [-0.2, 0) is 13.6 Å². The summed E-state index contributed by atoms with van der Waals surface area (Å²) in [6, 6.07) is 6.06. The highest BCUT2D eigenvalue weighted by molar-refractivity contribution is 9.11. The number of aromatic nitrogens is 2. The molecule has 0 aliphatic carbocycles. The Labute approximate surface area is 111 Å². The highest BCUT2D eigenvalue weighted by atomic mass is 79.9. The van der Waals surface area contributed by atoms with Crippen molar-refractivity contribution >= 4 is 37.5 Å². The number of nitrogens with one attached hydrogen (secondary N) is 1. The average Bonchev–Trinajstić information content (AvgIpc) is 2.63. The number of nitrogens with zero attached hydrogens (tertiary/aromatic N) is 2. The molecule has 0 unspecified atom stereocenters.